The van der Waals surface area contributed by atoms with Crippen LogP contribution in [0, 0.1) is 12.3 Å². The molecule has 2 aromatic rings. The van der Waals surface area contributed by atoms with Gasteiger partial charge in [-0.25, -0.2) is 0 Å². The molecule has 0 saturated heterocycles. The molecule has 0 unspecified atom stereocenters. The van der Waals surface area contributed by atoms with Gasteiger partial charge in [0.25, 0.3) is 0 Å². The maximum atomic E-state index is 6.28. The number of nitrogens with zero attached hydrogens (tertiary/aromatic N) is 1. The lowest BCUT2D eigenvalue weighted by atomic mass is 9.97. The molecule has 0 aliphatic carbocycles. The van der Waals surface area contributed by atoms with Crippen LogP contribution in [0.4, 0.5) is 0 Å². The zero-order chi connectivity index (χ0) is 31.9. The second-order valence-electron chi connectivity index (χ2n) is 8.37. The molecule has 0 atom stereocenters. The Bertz CT molecular complexity index is 855. The summed E-state index contributed by atoms with van der Waals surface area (Å²) in [6.07, 6.45) is 8.98. The number of aryl methyl sites for hydroxylation is 1. The van der Waals surface area contributed by atoms with Crippen molar-refractivity contribution in [2.24, 2.45) is 5.73 Å². The highest BCUT2D eigenvalue weighted by molar-refractivity contribution is 5.73. The van der Waals surface area contributed by atoms with E-state index in [0.717, 1.165) is 38.3 Å². The van der Waals surface area contributed by atoms with E-state index in [1.165, 1.54) is 47.6 Å². The number of amidine groups is 1. The molecular formula is C36H67N3O. The first-order valence-electron chi connectivity index (χ1n) is 15.8. The SMILES string of the molecule is C/C=C\c1cc(-c2ccc(OCCCC)c(CN(C)CCCC)c2)ccc1C.CC.CC.CC.CC.CC(=N)N. The number of nitrogens with two attached hydrogens (primary N) is 1. The fourth-order valence-electron chi connectivity index (χ4n) is 3.33. The zero-order valence-corrected chi connectivity index (χ0v) is 29.0. The van der Waals surface area contributed by atoms with E-state index in [2.05, 4.69) is 88.2 Å². The normalized spacial score (nSPS) is 9.28. The van der Waals surface area contributed by atoms with Crippen molar-refractivity contribution in [1.82, 2.24) is 4.90 Å². The van der Waals surface area contributed by atoms with E-state index in [1.807, 2.05) is 55.4 Å². The van der Waals surface area contributed by atoms with Crippen molar-refractivity contribution in [3.8, 4) is 16.9 Å². The van der Waals surface area contributed by atoms with E-state index < -0.39 is 0 Å². The van der Waals surface area contributed by atoms with Gasteiger partial charge in [-0.2, -0.15) is 0 Å². The maximum absolute atomic E-state index is 6.28. The van der Waals surface area contributed by atoms with Gasteiger partial charge < -0.3 is 15.4 Å². The number of nitrogens with one attached hydrogen (secondary N) is 1. The molecule has 3 N–H and O–H groups in total. The van der Waals surface area contributed by atoms with Crippen LogP contribution in [0.15, 0.2) is 42.5 Å². The van der Waals surface area contributed by atoms with E-state index in [-0.39, 0.29) is 5.84 Å². The predicted molar refractivity (Wildman–Crippen MR) is 186 cm³/mol. The first-order chi connectivity index (χ1) is 19.3. The Hall–Kier alpha value is -2.59. The van der Waals surface area contributed by atoms with E-state index in [9.17, 15) is 0 Å². The molecule has 0 spiro atoms. The number of benzene rings is 2. The van der Waals surface area contributed by atoms with Crippen molar-refractivity contribution in [3.05, 3.63) is 59.2 Å². The number of rotatable bonds is 11. The molecule has 0 heterocycles. The van der Waals surface area contributed by atoms with Gasteiger partial charge in [0.1, 0.15) is 5.75 Å². The zero-order valence-electron chi connectivity index (χ0n) is 29.0. The minimum absolute atomic E-state index is 0.167. The number of unbranched alkanes of at least 4 members (excludes halogenated alkanes) is 2. The summed E-state index contributed by atoms with van der Waals surface area (Å²) in [7, 11) is 2.20. The van der Waals surface area contributed by atoms with Gasteiger partial charge in [-0.1, -0.05) is 112 Å². The number of hydrogen-bond acceptors (Lipinski definition) is 3. The van der Waals surface area contributed by atoms with Crippen LogP contribution < -0.4 is 10.5 Å². The molecule has 232 valence electrons. The third kappa shape index (κ3) is 22.2. The molecule has 0 bridgehead atoms. The van der Waals surface area contributed by atoms with Crippen molar-refractivity contribution < 1.29 is 4.74 Å². The van der Waals surface area contributed by atoms with Crippen LogP contribution in [0.1, 0.15) is 125 Å². The first kappa shape index (κ1) is 44.4. The highest BCUT2D eigenvalue weighted by Crippen LogP contribution is 2.29. The monoisotopic (exact) mass is 558 g/mol. The molecule has 2 aromatic carbocycles. The summed E-state index contributed by atoms with van der Waals surface area (Å²) in [5.41, 5.74) is 11.1. The summed E-state index contributed by atoms with van der Waals surface area (Å²) in [5.74, 6) is 1.20. The summed E-state index contributed by atoms with van der Waals surface area (Å²) < 4.78 is 6.12. The van der Waals surface area contributed by atoms with Crippen LogP contribution in [0.3, 0.4) is 0 Å². The fraction of sp³-hybridized carbons (Fsp3) is 0.583. The average molecular weight is 558 g/mol. The minimum Gasteiger partial charge on any atom is -0.493 e. The van der Waals surface area contributed by atoms with Crippen LogP contribution in [-0.4, -0.2) is 30.9 Å². The minimum atomic E-state index is 0.167. The molecule has 4 nitrogen and oxygen atoms in total. The Morgan fingerprint density at radius 3 is 1.88 bits per heavy atom. The van der Waals surface area contributed by atoms with Gasteiger partial charge in [0.05, 0.1) is 12.4 Å². The van der Waals surface area contributed by atoms with Gasteiger partial charge in [0.2, 0.25) is 0 Å². The number of hydrogen-bond donors (Lipinski definition) is 2. The van der Waals surface area contributed by atoms with Crippen molar-refractivity contribution in [1.29, 1.82) is 5.41 Å². The molecule has 0 radical (unpaired) electrons. The van der Waals surface area contributed by atoms with Crippen molar-refractivity contribution in [2.45, 2.75) is 122 Å². The Morgan fingerprint density at radius 2 is 1.38 bits per heavy atom. The molecule has 0 saturated carbocycles. The van der Waals surface area contributed by atoms with E-state index in [1.54, 1.807) is 0 Å². The van der Waals surface area contributed by atoms with Crippen molar-refractivity contribution in [3.63, 3.8) is 0 Å². The standard InChI is InChI=1S/C26H37NO.C2H6N2.4C2H6/c1-6-9-16-27(5)20-25-19-24(14-15-26(25)28-17-10-7-2)23-13-12-21(4)22(18-23)11-8-3;1-2(3)4;4*1-2/h8,11-15,18-19H,6-7,9-10,16-17,20H2,1-5H3;1H3,(H3,3,4);4*1-2H3/b11-8-;;;;;. The van der Waals surface area contributed by atoms with Gasteiger partial charge in [0, 0.05) is 12.1 Å². The van der Waals surface area contributed by atoms with Crippen molar-refractivity contribution >= 4 is 11.9 Å². The van der Waals surface area contributed by atoms with Gasteiger partial charge in [-0.15, -0.1) is 0 Å². The van der Waals surface area contributed by atoms with E-state index >= 15 is 0 Å². The van der Waals surface area contributed by atoms with Crippen LogP contribution in [-0.2, 0) is 6.54 Å². The first-order valence-corrected chi connectivity index (χ1v) is 15.8. The summed E-state index contributed by atoms with van der Waals surface area (Å²) in [6, 6.07) is 13.4. The average Bonchev–Trinajstić information content (AvgIpc) is 2.98. The van der Waals surface area contributed by atoms with Crippen LogP contribution in [0.25, 0.3) is 17.2 Å². The fourth-order valence-corrected chi connectivity index (χ4v) is 3.33. The third-order valence-electron chi connectivity index (χ3n) is 5.11. The van der Waals surface area contributed by atoms with Crippen LogP contribution in [0.5, 0.6) is 5.75 Å². The third-order valence-corrected chi connectivity index (χ3v) is 5.11. The second kappa shape index (κ2) is 32.6. The quantitative estimate of drug-likeness (QED) is 0.164. The Morgan fingerprint density at radius 1 is 0.875 bits per heavy atom. The van der Waals surface area contributed by atoms with E-state index in [0.29, 0.717) is 0 Å². The Labute approximate surface area is 250 Å². The largest absolute Gasteiger partial charge is 0.493 e. The molecular weight excluding hydrogens is 490 g/mol. The van der Waals surface area contributed by atoms with Crippen LogP contribution in [0.2, 0.25) is 0 Å². The lowest BCUT2D eigenvalue weighted by Gasteiger charge is -2.20. The molecule has 2 rings (SSSR count). The van der Waals surface area contributed by atoms with Gasteiger partial charge in [0.15, 0.2) is 0 Å². The number of ether oxygens (including phenoxy) is 1. The molecule has 4 heteroatoms. The smallest absolute Gasteiger partial charge is 0.123 e. The topological polar surface area (TPSA) is 62.3 Å². The lowest BCUT2D eigenvalue weighted by Crippen LogP contribution is -2.19. The highest BCUT2D eigenvalue weighted by atomic mass is 16.5. The molecule has 0 fully saturated rings. The van der Waals surface area contributed by atoms with E-state index in [4.69, 9.17) is 15.9 Å². The Balaban J connectivity index is -0.000000469. The molecule has 0 amide bonds. The number of allylic oxidation sites excluding steroid dienone is 1. The van der Waals surface area contributed by atoms with Crippen molar-refractivity contribution in [2.75, 3.05) is 20.2 Å². The highest BCUT2D eigenvalue weighted by Gasteiger charge is 2.10. The molecule has 0 aliphatic rings. The summed E-state index contributed by atoms with van der Waals surface area (Å²) in [6.45, 7) is 29.0. The summed E-state index contributed by atoms with van der Waals surface area (Å²) in [5, 5.41) is 6.28. The molecule has 0 aliphatic heterocycles. The van der Waals surface area contributed by atoms with Crippen LogP contribution >= 0.6 is 0 Å². The molecule has 0 aromatic heterocycles. The maximum Gasteiger partial charge on any atom is 0.123 e. The summed E-state index contributed by atoms with van der Waals surface area (Å²) in [4.78, 5) is 2.40. The molecule has 40 heavy (non-hydrogen) atoms. The van der Waals surface area contributed by atoms with Gasteiger partial charge in [-0.05, 0) is 87.7 Å². The summed E-state index contributed by atoms with van der Waals surface area (Å²) >= 11 is 0. The predicted octanol–water partition coefficient (Wildman–Crippen LogP) is 11.2. The lowest BCUT2D eigenvalue weighted by molar-refractivity contribution is 0.286. The van der Waals surface area contributed by atoms with Gasteiger partial charge >= 0.3 is 0 Å². The Kier molecular flexibility index (Phi) is 36.2. The van der Waals surface area contributed by atoms with Gasteiger partial charge in [-0.3, -0.25) is 5.41 Å². The second-order valence-corrected chi connectivity index (χ2v) is 8.37.